The van der Waals surface area contributed by atoms with Crippen molar-refractivity contribution < 1.29 is 18.1 Å². The van der Waals surface area contributed by atoms with Gasteiger partial charge in [0.25, 0.3) is 0 Å². The molecular formula is C22H26N3O3S+. The number of Topliss-reactive ketones (excluding diaryl/α,β-unsaturated/α-hetero) is 1. The van der Waals surface area contributed by atoms with Gasteiger partial charge < -0.3 is 9.88 Å². The molecule has 1 fully saturated rings. The molecule has 4 rings (SSSR count). The predicted octanol–water partition coefficient (Wildman–Crippen LogP) is 1.64. The molecule has 7 heteroatoms. The maximum Gasteiger partial charge on any atom is 0.243 e. The van der Waals surface area contributed by atoms with Crippen LogP contribution in [-0.4, -0.2) is 55.7 Å². The number of aromatic amines is 1. The van der Waals surface area contributed by atoms with Gasteiger partial charge in [0.2, 0.25) is 15.8 Å². The van der Waals surface area contributed by atoms with Gasteiger partial charge in [-0.2, -0.15) is 4.31 Å². The lowest BCUT2D eigenvalue weighted by molar-refractivity contribution is -0.917. The van der Waals surface area contributed by atoms with Crippen molar-refractivity contribution in [2.75, 3.05) is 26.2 Å². The summed E-state index contributed by atoms with van der Waals surface area (Å²) in [5.41, 5.74) is 2.69. The highest BCUT2D eigenvalue weighted by Crippen LogP contribution is 2.19. The van der Waals surface area contributed by atoms with Crippen LogP contribution in [0.2, 0.25) is 0 Å². The van der Waals surface area contributed by atoms with E-state index in [0.29, 0.717) is 36.6 Å². The number of hydrogen-bond acceptors (Lipinski definition) is 3. The molecule has 0 unspecified atom stereocenters. The van der Waals surface area contributed by atoms with Gasteiger partial charge in [0.05, 0.1) is 31.1 Å². The highest BCUT2D eigenvalue weighted by Gasteiger charge is 2.35. The number of rotatable bonds is 5. The van der Waals surface area contributed by atoms with Gasteiger partial charge in [0, 0.05) is 22.7 Å². The van der Waals surface area contributed by atoms with Gasteiger partial charge in [-0.05, 0) is 32.0 Å². The summed E-state index contributed by atoms with van der Waals surface area (Å²) in [7, 11) is -3.49. The van der Waals surface area contributed by atoms with E-state index in [4.69, 9.17) is 0 Å². The van der Waals surface area contributed by atoms with Crippen molar-refractivity contribution >= 4 is 26.7 Å². The normalized spacial score (nSPS) is 17.4. The van der Waals surface area contributed by atoms with Crippen molar-refractivity contribution in [3.63, 3.8) is 0 Å². The van der Waals surface area contributed by atoms with Crippen LogP contribution in [0, 0.1) is 6.92 Å². The molecule has 1 aromatic heterocycles. The van der Waals surface area contributed by atoms with E-state index in [-0.39, 0.29) is 11.8 Å². The third-order valence-electron chi connectivity index (χ3n) is 5.88. The molecule has 1 saturated heterocycles. The van der Waals surface area contributed by atoms with Gasteiger partial charge in [-0.3, -0.25) is 4.79 Å². The minimum atomic E-state index is -3.49. The first-order valence-corrected chi connectivity index (χ1v) is 11.3. The van der Waals surface area contributed by atoms with Gasteiger partial charge in [-0.1, -0.05) is 35.9 Å². The van der Waals surface area contributed by atoms with Crippen molar-refractivity contribution in [2.24, 2.45) is 0 Å². The molecule has 0 bridgehead atoms. The number of para-hydroxylation sites is 1. The molecule has 3 aromatic rings. The van der Waals surface area contributed by atoms with E-state index in [1.165, 1.54) is 4.31 Å². The quantitative estimate of drug-likeness (QED) is 0.626. The van der Waals surface area contributed by atoms with Gasteiger partial charge in [0.15, 0.2) is 0 Å². The van der Waals surface area contributed by atoms with Crippen LogP contribution in [-0.2, 0) is 10.0 Å². The molecule has 0 saturated carbocycles. The summed E-state index contributed by atoms with van der Waals surface area (Å²) < 4.78 is 27.3. The number of H-pyrrole nitrogens is 1. The zero-order valence-electron chi connectivity index (χ0n) is 16.7. The zero-order chi connectivity index (χ0) is 20.6. The van der Waals surface area contributed by atoms with Crippen LogP contribution in [0.1, 0.15) is 22.8 Å². The van der Waals surface area contributed by atoms with E-state index < -0.39 is 10.0 Å². The Morgan fingerprint density at radius 2 is 1.72 bits per heavy atom. The number of fused-ring (bicyclic) bond motifs is 1. The van der Waals surface area contributed by atoms with Crippen molar-refractivity contribution in [3.8, 4) is 0 Å². The summed E-state index contributed by atoms with van der Waals surface area (Å²) in [6.07, 6.45) is 1.78. The molecule has 29 heavy (non-hydrogen) atoms. The van der Waals surface area contributed by atoms with Crippen LogP contribution >= 0.6 is 0 Å². The third-order valence-corrected chi connectivity index (χ3v) is 7.80. The van der Waals surface area contributed by atoms with E-state index >= 15 is 0 Å². The maximum atomic E-state index is 13.1. The Morgan fingerprint density at radius 3 is 2.41 bits per heavy atom. The average molecular weight is 413 g/mol. The molecule has 1 atom stereocenters. The second-order valence-electron chi connectivity index (χ2n) is 7.71. The van der Waals surface area contributed by atoms with Crippen molar-refractivity contribution in [1.29, 1.82) is 0 Å². The number of benzene rings is 2. The van der Waals surface area contributed by atoms with Gasteiger partial charge in [0.1, 0.15) is 6.04 Å². The van der Waals surface area contributed by atoms with Crippen LogP contribution in [0.3, 0.4) is 0 Å². The minimum Gasteiger partial charge on any atom is -0.360 e. The maximum absolute atomic E-state index is 13.1. The van der Waals surface area contributed by atoms with Crippen LogP contribution in [0.5, 0.6) is 0 Å². The van der Waals surface area contributed by atoms with E-state index in [0.717, 1.165) is 21.4 Å². The molecule has 152 valence electrons. The number of carbonyl (C=O) groups excluding carboxylic acids is 1. The largest absolute Gasteiger partial charge is 0.360 e. The Balaban J connectivity index is 1.45. The molecule has 0 spiro atoms. The second-order valence-corrected chi connectivity index (χ2v) is 9.65. The lowest BCUT2D eigenvalue weighted by atomic mass is 10.0. The number of aromatic nitrogens is 1. The number of quaternary nitrogens is 1. The number of piperazine rings is 1. The first kappa shape index (κ1) is 19.8. The standard InChI is InChI=1S/C22H25N3O3S/c1-16-7-9-18(10-8-16)29(27,28)25-13-11-24(12-14-25)17(2)22(26)20-15-23-21-6-4-3-5-19(20)21/h3-10,15,17,23H,11-14H2,1-2H3/p+1/t17-/m0/s1. The Morgan fingerprint density at radius 1 is 1.07 bits per heavy atom. The number of ketones is 1. The lowest BCUT2D eigenvalue weighted by Crippen LogP contribution is -3.18. The van der Waals surface area contributed by atoms with Crippen LogP contribution in [0.15, 0.2) is 59.6 Å². The molecular weight excluding hydrogens is 386 g/mol. The monoisotopic (exact) mass is 412 g/mol. The van der Waals surface area contributed by atoms with Crippen LogP contribution in [0.4, 0.5) is 0 Å². The molecule has 0 amide bonds. The number of hydrogen-bond donors (Lipinski definition) is 2. The zero-order valence-corrected chi connectivity index (χ0v) is 17.5. The number of sulfonamides is 1. The Hall–Kier alpha value is -2.48. The highest BCUT2D eigenvalue weighted by molar-refractivity contribution is 7.89. The molecule has 1 aliphatic heterocycles. The van der Waals surface area contributed by atoms with Crippen molar-refractivity contribution in [2.45, 2.75) is 24.8 Å². The van der Waals surface area contributed by atoms with E-state index in [1.807, 2.05) is 50.2 Å². The summed E-state index contributed by atoms with van der Waals surface area (Å²) >= 11 is 0. The van der Waals surface area contributed by atoms with E-state index in [9.17, 15) is 13.2 Å². The first-order chi connectivity index (χ1) is 13.9. The van der Waals surface area contributed by atoms with E-state index in [2.05, 4.69) is 4.98 Å². The summed E-state index contributed by atoms with van der Waals surface area (Å²) in [5.74, 6) is 0.0901. The number of nitrogens with zero attached hydrogens (tertiary/aromatic N) is 1. The van der Waals surface area contributed by atoms with Gasteiger partial charge in [-0.25, -0.2) is 8.42 Å². The first-order valence-electron chi connectivity index (χ1n) is 9.89. The summed E-state index contributed by atoms with van der Waals surface area (Å²) in [6.45, 7) is 5.92. The molecule has 2 N–H and O–H groups in total. The Labute approximate surface area is 171 Å². The Kier molecular flexibility index (Phi) is 5.29. The number of nitrogens with one attached hydrogen (secondary N) is 2. The molecule has 1 aliphatic rings. The predicted molar refractivity (Wildman–Crippen MR) is 113 cm³/mol. The number of carbonyl (C=O) groups is 1. The van der Waals surface area contributed by atoms with Crippen molar-refractivity contribution in [3.05, 3.63) is 65.9 Å². The SMILES string of the molecule is Cc1ccc(S(=O)(=O)N2CC[NH+]([C@@H](C)C(=O)c3c[nH]c4ccccc34)CC2)cc1. The summed E-state index contributed by atoms with van der Waals surface area (Å²) in [4.78, 5) is 17.7. The highest BCUT2D eigenvalue weighted by atomic mass is 32.2. The topological polar surface area (TPSA) is 74.7 Å². The minimum absolute atomic E-state index is 0.0901. The lowest BCUT2D eigenvalue weighted by Gasteiger charge is -2.34. The fourth-order valence-electron chi connectivity index (χ4n) is 4.00. The molecule has 2 aromatic carbocycles. The van der Waals surface area contributed by atoms with Crippen molar-refractivity contribution in [1.82, 2.24) is 9.29 Å². The third kappa shape index (κ3) is 3.73. The summed E-state index contributed by atoms with van der Waals surface area (Å²) in [6, 6.07) is 14.5. The molecule has 0 radical (unpaired) electrons. The summed E-state index contributed by atoms with van der Waals surface area (Å²) in [5, 5.41) is 0.935. The van der Waals surface area contributed by atoms with Gasteiger partial charge >= 0.3 is 0 Å². The average Bonchev–Trinajstić information content (AvgIpc) is 3.17. The number of aryl methyl sites for hydroxylation is 1. The molecule has 2 heterocycles. The smallest absolute Gasteiger partial charge is 0.243 e. The van der Waals surface area contributed by atoms with Crippen LogP contribution in [0.25, 0.3) is 10.9 Å². The molecule has 6 nitrogen and oxygen atoms in total. The second kappa shape index (κ2) is 7.74. The van der Waals surface area contributed by atoms with E-state index in [1.54, 1.807) is 18.3 Å². The fourth-order valence-corrected chi connectivity index (χ4v) is 5.44. The van der Waals surface area contributed by atoms with Gasteiger partial charge in [-0.15, -0.1) is 0 Å². The fraction of sp³-hybridized carbons (Fsp3) is 0.318. The van der Waals surface area contributed by atoms with Crippen LogP contribution < -0.4 is 4.90 Å². The Bertz CT molecular complexity index is 1130. The molecule has 0 aliphatic carbocycles.